The van der Waals surface area contributed by atoms with Gasteiger partial charge in [0.15, 0.2) is 5.69 Å². The van der Waals surface area contributed by atoms with Crippen molar-refractivity contribution in [1.29, 1.82) is 0 Å². The van der Waals surface area contributed by atoms with Crippen molar-refractivity contribution in [2.24, 2.45) is 0 Å². The fourth-order valence-electron chi connectivity index (χ4n) is 1.39. The van der Waals surface area contributed by atoms with Crippen LogP contribution in [-0.2, 0) is 0 Å². The SMILES string of the molecule is CCOc1ccc(C(=O)Nc2ccc(Cl)cc2)nn1. The maximum Gasteiger partial charge on any atom is 0.276 e. The smallest absolute Gasteiger partial charge is 0.276 e. The highest BCUT2D eigenvalue weighted by Crippen LogP contribution is 2.14. The van der Waals surface area contributed by atoms with Crippen molar-refractivity contribution in [3.05, 3.63) is 47.1 Å². The first-order chi connectivity index (χ1) is 9.19. The zero-order chi connectivity index (χ0) is 13.7. The van der Waals surface area contributed by atoms with Gasteiger partial charge in [0.2, 0.25) is 5.88 Å². The second-order valence-electron chi connectivity index (χ2n) is 3.65. The Labute approximate surface area is 115 Å². The second kappa shape index (κ2) is 6.15. The number of nitrogens with one attached hydrogen (secondary N) is 1. The van der Waals surface area contributed by atoms with Crippen molar-refractivity contribution in [1.82, 2.24) is 10.2 Å². The molecule has 0 radical (unpaired) electrons. The van der Waals surface area contributed by atoms with Gasteiger partial charge in [-0.15, -0.1) is 10.2 Å². The molecule has 0 saturated heterocycles. The lowest BCUT2D eigenvalue weighted by Gasteiger charge is -2.05. The van der Waals surface area contributed by atoms with Crippen molar-refractivity contribution < 1.29 is 9.53 Å². The normalized spacial score (nSPS) is 10.0. The Hall–Kier alpha value is -2.14. The molecule has 0 saturated carbocycles. The molecule has 0 atom stereocenters. The minimum absolute atomic E-state index is 0.221. The summed E-state index contributed by atoms with van der Waals surface area (Å²) in [5.74, 6) is 0.0587. The molecule has 0 fully saturated rings. The van der Waals surface area contributed by atoms with Crippen LogP contribution >= 0.6 is 11.6 Å². The van der Waals surface area contributed by atoms with E-state index in [1.165, 1.54) is 0 Å². The van der Waals surface area contributed by atoms with Crippen molar-refractivity contribution in [3.63, 3.8) is 0 Å². The Balaban J connectivity index is 2.05. The third kappa shape index (κ3) is 3.66. The van der Waals surface area contributed by atoms with E-state index in [-0.39, 0.29) is 11.6 Å². The van der Waals surface area contributed by atoms with Gasteiger partial charge in [-0.2, -0.15) is 0 Å². The predicted octanol–water partition coefficient (Wildman–Crippen LogP) is 2.78. The molecule has 19 heavy (non-hydrogen) atoms. The summed E-state index contributed by atoms with van der Waals surface area (Å²) in [6.07, 6.45) is 0. The maximum absolute atomic E-state index is 11.9. The van der Waals surface area contributed by atoms with Crippen LogP contribution in [0.1, 0.15) is 17.4 Å². The molecular weight excluding hydrogens is 266 g/mol. The van der Waals surface area contributed by atoms with E-state index in [2.05, 4.69) is 15.5 Å². The van der Waals surface area contributed by atoms with Crippen molar-refractivity contribution in [3.8, 4) is 5.88 Å². The lowest BCUT2D eigenvalue weighted by atomic mass is 10.3. The summed E-state index contributed by atoms with van der Waals surface area (Å²) in [5, 5.41) is 10.9. The highest BCUT2D eigenvalue weighted by atomic mass is 35.5. The quantitative estimate of drug-likeness (QED) is 0.933. The summed E-state index contributed by atoms with van der Waals surface area (Å²) in [6.45, 7) is 2.35. The van der Waals surface area contributed by atoms with E-state index >= 15 is 0 Å². The zero-order valence-electron chi connectivity index (χ0n) is 10.3. The largest absolute Gasteiger partial charge is 0.477 e. The van der Waals surface area contributed by atoms with Crippen LogP contribution in [0.5, 0.6) is 5.88 Å². The van der Waals surface area contributed by atoms with Gasteiger partial charge in [0.25, 0.3) is 5.91 Å². The lowest BCUT2D eigenvalue weighted by molar-refractivity contribution is 0.102. The molecule has 6 heteroatoms. The Morgan fingerprint density at radius 1 is 1.21 bits per heavy atom. The van der Waals surface area contributed by atoms with Gasteiger partial charge in [-0.05, 0) is 37.3 Å². The number of halogens is 1. The van der Waals surface area contributed by atoms with Crippen LogP contribution in [0.3, 0.4) is 0 Å². The van der Waals surface area contributed by atoms with Crippen molar-refractivity contribution in [2.75, 3.05) is 11.9 Å². The molecule has 0 spiro atoms. The molecule has 2 aromatic rings. The van der Waals surface area contributed by atoms with Gasteiger partial charge in [0.1, 0.15) is 0 Å². The second-order valence-corrected chi connectivity index (χ2v) is 4.09. The summed E-state index contributed by atoms with van der Waals surface area (Å²) < 4.78 is 5.15. The summed E-state index contributed by atoms with van der Waals surface area (Å²) in [7, 11) is 0. The molecule has 0 aliphatic heterocycles. The molecular formula is C13H12ClN3O2. The molecule has 0 bridgehead atoms. The average molecular weight is 278 g/mol. The molecule has 2 rings (SSSR count). The van der Waals surface area contributed by atoms with E-state index in [1.807, 2.05) is 6.92 Å². The van der Waals surface area contributed by atoms with E-state index in [0.717, 1.165) is 0 Å². The molecule has 5 nitrogen and oxygen atoms in total. The van der Waals surface area contributed by atoms with Gasteiger partial charge in [-0.1, -0.05) is 11.6 Å². The highest BCUT2D eigenvalue weighted by Gasteiger charge is 2.08. The summed E-state index contributed by atoms with van der Waals surface area (Å²) in [4.78, 5) is 11.9. The number of anilines is 1. The first kappa shape index (κ1) is 13.3. The molecule has 1 aromatic carbocycles. The molecule has 1 N–H and O–H groups in total. The Morgan fingerprint density at radius 3 is 2.53 bits per heavy atom. The first-order valence-electron chi connectivity index (χ1n) is 5.72. The molecule has 1 amide bonds. The number of aromatic nitrogens is 2. The van der Waals surface area contributed by atoms with E-state index in [1.54, 1.807) is 36.4 Å². The van der Waals surface area contributed by atoms with Crippen LogP contribution in [0.15, 0.2) is 36.4 Å². The lowest BCUT2D eigenvalue weighted by Crippen LogP contribution is -2.14. The number of hydrogen-bond acceptors (Lipinski definition) is 4. The van der Waals surface area contributed by atoms with Crippen molar-refractivity contribution >= 4 is 23.2 Å². The number of carbonyl (C=O) groups is 1. The van der Waals surface area contributed by atoms with Crippen molar-refractivity contribution in [2.45, 2.75) is 6.92 Å². The Morgan fingerprint density at radius 2 is 1.95 bits per heavy atom. The fraction of sp³-hybridized carbons (Fsp3) is 0.154. The molecule has 98 valence electrons. The zero-order valence-corrected chi connectivity index (χ0v) is 11.0. The van der Waals surface area contributed by atoms with Gasteiger partial charge in [-0.25, -0.2) is 0 Å². The minimum Gasteiger partial charge on any atom is -0.477 e. The first-order valence-corrected chi connectivity index (χ1v) is 6.10. The predicted molar refractivity (Wildman–Crippen MR) is 72.6 cm³/mol. The minimum atomic E-state index is -0.335. The van der Waals surface area contributed by atoms with Gasteiger partial charge in [-0.3, -0.25) is 4.79 Å². The van der Waals surface area contributed by atoms with Gasteiger partial charge in [0.05, 0.1) is 6.61 Å². The Kier molecular flexibility index (Phi) is 4.30. The monoisotopic (exact) mass is 277 g/mol. The molecule has 1 heterocycles. The Bertz CT molecular complexity index is 555. The molecule has 0 unspecified atom stereocenters. The molecule has 0 aliphatic rings. The van der Waals surface area contributed by atoms with Gasteiger partial charge >= 0.3 is 0 Å². The number of carbonyl (C=O) groups excluding carboxylic acids is 1. The van der Waals surface area contributed by atoms with E-state index in [9.17, 15) is 4.79 Å². The van der Waals surface area contributed by atoms with Crippen LogP contribution < -0.4 is 10.1 Å². The number of rotatable bonds is 4. The number of benzene rings is 1. The maximum atomic E-state index is 11.9. The van der Waals surface area contributed by atoms with Crippen LogP contribution in [0.25, 0.3) is 0 Å². The summed E-state index contributed by atoms with van der Waals surface area (Å²) in [5.41, 5.74) is 0.864. The number of hydrogen-bond donors (Lipinski definition) is 1. The third-order valence-corrected chi connectivity index (χ3v) is 2.52. The molecule has 1 aromatic heterocycles. The van der Waals surface area contributed by atoms with E-state index in [0.29, 0.717) is 23.2 Å². The third-order valence-electron chi connectivity index (χ3n) is 2.27. The number of amides is 1. The topological polar surface area (TPSA) is 64.1 Å². The average Bonchev–Trinajstić information content (AvgIpc) is 2.42. The van der Waals surface area contributed by atoms with Gasteiger partial charge in [0, 0.05) is 16.8 Å². The number of nitrogens with zero attached hydrogens (tertiary/aromatic N) is 2. The van der Waals surface area contributed by atoms with Crippen LogP contribution in [0.4, 0.5) is 5.69 Å². The van der Waals surface area contributed by atoms with Crippen LogP contribution in [-0.4, -0.2) is 22.7 Å². The van der Waals surface area contributed by atoms with E-state index < -0.39 is 0 Å². The van der Waals surface area contributed by atoms with Gasteiger partial charge < -0.3 is 10.1 Å². The summed E-state index contributed by atoms with van der Waals surface area (Å²) >= 11 is 5.76. The standard InChI is InChI=1S/C13H12ClN3O2/c1-2-19-12-8-7-11(16-17-12)13(18)15-10-5-3-9(14)4-6-10/h3-8H,2H2,1H3,(H,15,18). The molecule has 0 aliphatic carbocycles. The number of ether oxygens (including phenoxy) is 1. The fourth-order valence-corrected chi connectivity index (χ4v) is 1.52. The van der Waals surface area contributed by atoms with E-state index in [4.69, 9.17) is 16.3 Å². The summed E-state index contributed by atoms with van der Waals surface area (Å²) in [6, 6.07) is 9.98. The highest BCUT2D eigenvalue weighted by molar-refractivity contribution is 6.30. The van der Waals surface area contributed by atoms with Crippen LogP contribution in [0.2, 0.25) is 5.02 Å². The van der Waals surface area contributed by atoms with Crippen LogP contribution in [0, 0.1) is 0 Å².